The quantitative estimate of drug-likeness (QED) is 0.465. The molecule has 0 aromatic heterocycles. The van der Waals surface area contributed by atoms with Crippen molar-refractivity contribution in [2.45, 2.75) is 16.8 Å². The summed E-state index contributed by atoms with van der Waals surface area (Å²) in [5.74, 6) is 7.22. The maximum atomic E-state index is 13.0. The van der Waals surface area contributed by atoms with E-state index in [0.717, 1.165) is 23.4 Å². The number of nitrogens with zero attached hydrogens (tertiary/aromatic N) is 1. The molecule has 0 saturated carbocycles. The van der Waals surface area contributed by atoms with Crippen LogP contribution in [0.2, 0.25) is 0 Å². The third-order valence-electron chi connectivity index (χ3n) is 3.57. The minimum Gasteiger partial charge on any atom is -0.496 e. The predicted molar refractivity (Wildman–Crippen MR) is 93.1 cm³/mol. The molecule has 0 radical (unpaired) electrons. The lowest BCUT2D eigenvalue weighted by Crippen LogP contribution is -2.26. The standard InChI is InChI=1S/C17H19F3N2O2S/c1-22(21)13-5-4-6-14(23-2)12(13)10-25-16-9-11(17(18,19)20)7-8-15(16)24-3/h4-9H,10,21H2,1-3H3. The number of alkyl halides is 3. The van der Waals surface area contributed by atoms with Gasteiger partial charge in [-0.05, 0) is 30.3 Å². The lowest BCUT2D eigenvalue weighted by atomic mass is 10.2. The van der Waals surface area contributed by atoms with Gasteiger partial charge in [-0.2, -0.15) is 13.2 Å². The summed E-state index contributed by atoms with van der Waals surface area (Å²) in [6.45, 7) is 0. The Labute approximate surface area is 148 Å². The van der Waals surface area contributed by atoms with Crippen molar-refractivity contribution < 1.29 is 22.6 Å². The van der Waals surface area contributed by atoms with Crippen LogP contribution >= 0.6 is 11.8 Å². The molecule has 0 aliphatic heterocycles. The first kappa shape index (κ1) is 19.3. The fourth-order valence-electron chi connectivity index (χ4n) is 2.34. The molecular formula is C17H19F3N2O2S. The van der Waals surface area contributed by atoms with E-state index < -0.39 is 11.7 Å². The number of hydrogen-bond acceptors (Lipinski definition) is 5. The zero-order valence-corrected chi connectivity index (χ0v) is 14.9. The molecule has 25 heavy (non-hydrogen) atoms. The largest absolute Gasteiger partial charge is 0.496 e. The Kier molecular flexibility index (Phi) is 6.07. The third kappa shape index (κ3) is 4.52. The monoisotopic (exact) mass is 372 g/mol. The van der Waals surface area contributed by atoms with E-state index in [9.17, 15) is 13.2 Å². The molecule has 0 atom stereocenters. The van der Waals surface area contributed by atoms with Crippen molar-refractivity contribution in [3.63, 3.8) is 0 Å². The van der Waals surface area contributed by atoms with Gasteiger partial charge in [0.25, 0.3) is 0 Å². The van der Waals surface area contributed by atoms with Crippen LogP contribution in [0.3, 0.4) is 0 Å². The summed E-state index contributed by atoms with van der Waals surface area (Å²) in [7, 11) is 4.65. The van der Waals surface area contributed by atoms with Crippen molar-refractivity contribution in [2.24, 2.45) is 5.84 Å². The minimum atomic E-state index is -4.41. The highest BCUT2D eigenvalue weighted by atomic mass is 32.2. The molecule has 0 aliphatic carbocycles. The summed E-state index contributed by atoms with van der Waals surface area (Å²) in [6, 6.07) is 8.82. The van der Waals surface area contributed by atoms with Crippen molar-refractivity contribution in [3.8, 4) is 11.5 Å². The van der Waals surface area contributed by atoms with Crippen molar-refractivity contribution in [1.29, 1.82) is 0 Å². The second-order valence-corrected chi connectivity index (χ2v) is 6.24. The summed E-state index contributed by atoms with van der Waals surface area (Å²) in [4.78, 5) is 0.397. The van der Waals surface area contributed by atoms with Crippen LogP contribution in [-0.4, -0.2) is 21.3 Å². The Balaban J connectivity index is 2.36. The maximum Gasteiger partial charge on any atom is 0.416 e. The third-order valence-corrected chi connectivity index (χ3v) is 4.63. The van der Waals surface area contributed by atoms with Gasteiger partial charge in [-0.3, -0.25) is 0 Å². The molecule has 2 aromatic rings. The fraction of sp³-hybridized carbons (Fsp3) is 0.294. The highest BCUT2D eigenvalue weighted by molar-refractivity contribution is 7.98. The molecule has 0 amide bonds. The lowest BCUT2D eigenvalue weighted by molar-refractivity contribution is -0.137. The lowest BCUT2D eigenvalue weighted by Gasteiger charge is -2.20. The van der Waals surface area contributed by atoms with E-state index in [1.165, 1.54) is 37.1 Å². The van der Waals surface area contributed by atoms with Gasteiger partial charge in [0.1, 0.15) is 11.5 Å². The number of ether oxygens (including phenoxy) is 2. The first-order valence-electron chi connectivity index (χ1n) is 7.30. The van der Waals surface area contributed by atoms with Crippen LogP contribution in [0.5, 0.6) is 11.5 Å². The fourth-order valence-corrected chi connectivity index (χ4v) is 3.43. The average molecular weight is 372 g/mol. The van der Waals surface area contributed by atoms with E-state index in [1.54, 1.807) is 19.2 Å². The zero-order chi connectivity index (χ0) is 18.6. The molecule has 2 aromatic carbocycles. The van der Waals surface area contributed by atoms with Gasteiger partial charge < -0.3 is 14.5 Å². The number of thioether (sulfide) groups is 1. The van der Waals surface area contributed by atoms with Crippen molar-refractivity contribution in [1.82, 2.24) is 0 Å². The number of halogens is 3. The molecule has 0 unspecified atom stereocenters. The average Bonchev–Trinajstić information content (AvgIpc) is 2.58. The number of hydrogen-bond donors (Lipinski definition) is 1. The number of anilines is 1. The van der Waals surface area contributed by atoms with Crippen molar-refractivity contribution in [3.05, 3.63) is 47.5 Å². The molecule has 0 fully saturated rings. The first-order chi connectivity index (χ1) is 11.8. The van der Waals surface area contributed by atoms with Crippen molar-refractivity contribution in [2.75, 3.05) is 26.3 Å². The van der Waals surface area contributed by atoms with Crippen LogP contribution in [0.15, 0.2) is 41.3 Å². The Morgan fingerprint density at radius 3 is 2.32 bits per heavy atom. The molecule has 0 spiro atoms. The minimum absolute atomic E-state index is 0.374. The summed E-state index contributed by atoms with van der Waals surface area (Å²) < 4.78 is 49.4. The predicted octanol–water partition coefficient (Wildman–Crippen LogP) is 4.32. The van der Waals surface area contributed by atoms with Crippen molar-refractivity contribution >= 4 is 17.4 Å². The molecule has 0 heterocycles. The van der Waals surface area contributed by atoms with E-state index in [2.05, 4.69) is 0 Å². The molecule has 2 N–H and O–H groups in total. The highest BCUT2D eigenvalue weighted by Crippen LogP contribution is 2.40. The van der Waals surface area contributed by atoms with Gasteiger partial charge >= 0.3 is 6.18 Å². The number of rotatable bonds is 6. The van der Waals surface area contributed by atoms with Crippen LogP contribution in [0.25, 0.3) is 0 Å². The summed E-state index contributed by atoms with van der Waals surface area (Å²) in [5.41, 5.74) is 0.809. The second kappa shape index (κ2) is 7.88. The second-order valence-electron chi connectivity index (χ2n) is 5.22. The van der Waals surface area contributed by atoms with E-state index in [1.807, 2.05) is 6.07 Å². The van der Waals surface area contributed by atoms with Gasteiger partial charge in [-0.15, -0.1) is 11.8 Å². The summed E-state index contributed by atoms with van der Waals surface area (Å²) >= 11 is 1.23. The van der Waals surface area contributed by atoms with E-state index in [0.29, 0.717) is 22.1 Å². The molecule has 0 aliphatic rings. The highest BCUT2D eigenvalue weighted by Gasteiger charge is 2.31. The maximum absolute atomic E-state index is 13.0. The van der Waals surface area contributed by atoms with Gasteiger partial charge in [0.2, 0.25) is 0 Å². The molecule has 8 heteroatoms. The molecular weight excluding hydrogens is 353 g/mol. The molecule has 4 nitrogen and oxygen atoms in total. The summed E-state index contributed by atoms with van der Waals surface area (Å²) in [5, 5.41) is 1.45. The molecule has 136 valence electrons. The molecule has 0 bridgehead atoms. The van der Waals surface area contributed by atoms with Gasteiger partial charge in [0.05, 0.1) is 30.4 Å². The summed E-state index contributed by atoms with van der Waals surface area (Å²) in [6.07, 6.45) is -4.41. The number of methoxy groups -OCH3 is 2. The SMILES string of the molecule is COc1ccc(C(F)(F)F)cc1SCc1c(OC)cccc1N(C)N. The number of nitrogens with two attached hydrogens (primary N) is 1. The van der Waals surface area contributed by atoms with Crippen LogP contribution in [-0.2, 0) is 11.9 Å². The van der Waals surface area contributed by atoms with Crippen LogP contribution in [0.1, 0.15) is 11.1 Å². The van der Waals surface area contributed by atoms with Crippen LogP contribution in [0, 0.1) is 0 Å². The number of benzene rings is 2. The Morgan fingerprint density at radius 1 is 1.08 bits per heavy atom. The van der Waals surface area contributed by atoms with Crippen LogP contribution in [0.4, 0.5) is 18.9 Å². The Bertz CT molecular complexity index is 736. The van der Waals surface area contributed by atoms with Gasteiger partial charge in [-0.1, -0.05) is 6.07 Å². The zero-order valence-electron chi connectivity index (χ0n) is 14.1. The smallest absolute Gasteiger partial charge is 0.416 e. The van der Waals surface area contributed by atoms with Crippen LogP contribution < -0.4 is 20.3 Å². The van der Waals surface area contributed by atoms with Gasteiger partial charge in [0.15, 0.2) is 0 Å². The molecule has 2 rings (SSSR count). The normalized spacial score (nSPS) is 11.3. The Hall–Kier alpha value is -2.06. The number of hydrazine groups is 1. The molecule has 0 saturated heterocycles. The first-order valence-corrected chi connectivity index (χ1v) is 8.28. The van der Waals surface area contributed by atoms with E-state index >= 15 is 0 Å². The van der Waals surface area contributed by atoms with E-state index in [4.69, 9.17) is 15.3 Å². The van der Waals surface area contributed by atoms with E-state index in [-0.39, 0.29) is 0 Å². The Morgan fingerprint density at radius 2 is 1.76 bits per heavy atom. The van der Waals surface area contributed by atoms with Gasteiger partial charge in [0, 0.05) is 18.4 Å². The topological polar surface area (TPSA) is 47.7 Å². The van der Waals surface area contributed by atoms with Gasteiger partial charge in [-0.25, -0.2) is 5.84 Å².